The maximum Gasteiger partial charge on any atom is 0.226 e. The number of hydrogen-bond acceptors (Lipinski definition) is 3. The SMILES string of the molecule is CCCCC(=O)Nc1ncc(Cc2ccc(Br)c(Cl)c2)s1. The van der Waals surface area contributed by atoms with Gasteiger partial charge in [-0.15, -0.1) is 11.3 Å². The number of halogens is 2. The Balaban J connectivity index is 1.96. The molecule has 3 nitrogen and oxygen atoms in total. The molecule has 0 radical (unpaired) electrons. The molecule has 1 heterocycles. The predicted molar refractivity (Wildman–Crippen MR) is 92.2 cm³/mol. The molecule has 1 amide bonds. The van der Waals surface area contributed by atoms with E-state index in [2.05, 4.69) is 33.2 Å². The molecule has 0 atom stereocenters. The third-order valence-electron chi connectivity index (χ3n) is 2.92. The van der Waals surface area contributed by atoms with Crippen LogP contribution in [-0.2, 0) is 11.2 Å². The first-order valence-electron chi connectivity index (χ1n) is 6.77. The second-order valence-electron chi connectivity index (χ2n) is 4.71. The number of thiazole rings is 1. The number of unbranched alkanes of at least 4 members (excludes halogenated alkanes) is 1. The standard InChI is InChI=1S/C15H16BrClN2OS/c1-2-3-4-14(20)19-15-18-9-11(21-15)7-10-5-6-12(16)13(17)8-10/h5-6,8-9H,2-4,7H2,1H3,(H,18,19,20). The van der Waals surface area contributed by atoms with Crippen molar-refractivity contribution >= 4 is 49.9 Å². The number of hydrogen-bond donors (Lipinski definition) is 1. The van der Waals surface area contributed by atoms with Crippen molar-refractivity contribution in [3.05, 3.63) is 44.3 Å². The molecule has 1 aromatic carbocycles. The molecule has 2 rings (SSSR count). The molecule has 0 fully saturated rings. The number of carbonyl (C=O) groups is 1. The van der Waals surface area contributed by atoms with Gasteiger partial charge < -0.3 is 5.32 Å². The van der Waals surface area contributed by atoms with Gasteiger partial charge in [-0.05, 0) is 40.0 Å². The molecular weight excluding hydrogens is 372 g/mol. The summed E-state index contributed by atoms with van der Waals surface area (Å²) in [7, 11) is 0. The van der Waals surface area contributed by atoms with Gasteiger partial charge in [-0.3, -0.25) is 4.79 Å². The Hall–Kier alpha value is -0.910. The first kappa shape index (κ1) is 16.5. The number of aromatic nitrogens is 1. The van der Waals surface area contributed by atoms with Crippen molar-refractivity contribution in [2.75, 3.05) is 5.32 Å². The van der Waals surface area contributed by atoms with Gasteiger partial charge in [0, 0.05) is 28.4 Å². The second-order valence-corrected chi connectivity index (χ2v) is 7.09. The quantitative estimate of drug-likeness (QED) is 0.733. The molecule has 1 aromatic heterocycles. The summed E-state index contributed by atoms with van der Waals surface area (Å²) in [4.78, 5) is 17.0. The van der Waals surface area contributed by atoms with E-state index in [0.29, 0.717) is 16.6 Å². The smallest absolute Gasteiger partial charge is 0.226 e. The number of amides is 1. The first-order valence-corrected chi connectivity index (χ1v) is 8.75. The Kier molecular flexibility index (Phi) is 6.21. The highest BCUT2D eigenvalue weighted by atomic mass is 79.9. The molecule has 0 aliphatic rings. The van der Waals surface area contributed by atoms with Crippen molar-refractivity contribution in [3.8, 4) is 0 Å². The van der Waals surface area contributed by atoms with E-state index in [9.17, 15) is 4.79 Å². The lowest BCUT2D eigenvalue weighted by molar-refractivity contribution is -0.116. The van der Waals surface area contributed by atoms with Crippen molar-refractivity contribution in [1.29, 1.82) is 0 Å². The van der Waals surface area contributed by atoms with Crippen LogP contribution in [0.4, 0.5) is 5.13 Å². The molecule has 0 spiro atoms. The van der Waals surface area contributed by atoms with E-state index in [1.807, 2.05) is 18.2 Å². The fourth-order valence-corrected chi connectivity index (χ4v) is 3.13. The van der Waals surface area contributed by atoms with Gasteiger partial charge in [0.25, 0.3) is 0 Å². The third kappa shape index (κ3) is 5.09. The first-order chi connectivity index (χ1) is 10.1. The number of anilines is 1. The van der Waals surface area contributed by atoms with Crippen molar-refractivity contribution in [2.24, 2.45) is 0 Å². The van der Waals surface area contributed by atoms with E-state index < -0.39 is 0 Å². The maximum absolute atomic E-state index is 11.7. The summed E-state index contributed by atoms with van der Waals surface area (Å²) in [5, 5.41) is 4.20. The molecule has 0 aliphatic carbocycles. The summed E-state index contributed by atoms with van der Waals surface area (Å²) in [5.41, 5.74) is 1.12. The Bertz CT molecular complexity index is 630. The predicted octanol–water partition coefficient (Wildman–Crippen LogP) is 5.28. The third-order valence-corrected chi connectivity index (χ3v) is 5.06. The van der Waals surface area contributed by atoms with Crippen molar-refractivity contribution < 1.29 is 4.79 Å². The van der Waals surface area contributed by atoms with Crippen LogP contribution in [0.1, 0.15) is 36.6 Å². The Labute approximate surface area is 141 Å². The molecule has 0 aliphatic heterocycles. The lowest BCUT2D eigenvalue weighted by Crippen LogP contribution is -2.10. The van der Waals surface area contributed by atoms with Gasteiger partial charge in [0.1, 0.15) is 0 Å². The van der Waals surface area contributed by atoms with Gasteiger partial charge in [-0.2, -0.15) is 0 Å². The summed E-state index contributed by atoms with van der Waals surface area (Å²) >= 11 is 11.0. The van der Waals surface area contributed by atoms with Crippen LogP contribution in [0.25, 0.3) is 0 Å². The van der Waals surface area contributed by atoms with Crippen LogP contribution in [0.3, 0.4) is 0 Å². The highest BCUT2D eigenvalue weighted by molar-refractivity contribution is 9.10. The maximum atomic E-state index is 11.7. The molecule has 0 unspecified atom stereocenters. The van der Waals surface area contributed by atoms with E-state index in [4.69, 9.17) is 11.6 Å². The fourth-order valence-electron chi connectivity index (χ4n) is 1.82. The van der Waals surface area contributed by atoms with E-state index in [1.54, 1.807) is 6.20 Å². The molecule has 2 aromatic rings. The van der Waals surface area contributed by atoms with Crippen molar-refractivity contribution in [3.63, 3.8) is 0 Å². The zero-order valence-corrected chi connectivity index (χ0v) is 14.8. The molecule has 112 valence electrons. The highest BCUT2D eigenvalue weighted by Gasteiger charge is 2.07. The fraction of sp³-hybridized carbons (Fsp3) is 0.333. The largest absolute Gasteiger partial charge is 0.302 e. The second kappa shape index (κ2) is 7.92. The molecule has 1 N–H and O–H groups in total. The van der Waals surface area contributed by atoms with E-state index in [-0.39, 0.29) is 5.91 Å². The van der Waals surface area contributed by atoms with Crippen LogP contribution >= 0.6 is 38.9 Å². The lowest BCUT2D eigenvalue weighted by Gasteiger charge is -2.01. The molecule has 21 heavy (non-hydrogen) atoms. The van der Waals surface area contributed by atoms with E-state index in [1.165, 1.54) is 11.3 Å². The minimum atomic E-state index is 0.0319. The van der Waals surface area contributed by atoms with E-state index >= 15 is 0 Å². The number of rotatable bonds is 6. The number of benzene rings is 1. The average Bonchev–Trinajstić information content (AvgIpc) is 2.88. The Morgan fingerprint density at radius 3 is 3.00 bits per heavy atom. The van der Waals surface area contributed by atoms with Crippen LogP contribution in [0.15, 0.2) is 28.9 Å². The molecule has 0 saturated carbocycles. The summed E-state index contributed by atoms with van der Waals surface area (Å²) < 4.78 is 0.890. The van der Waals surface area contributed by atoms with Gasteiger partial charge in [-0.1, -0.05) is 31.0 Å². The monoisotopic (exact) mass is 386 g/mol. The van der Waals surface area contributed by atoms with Gasteiger partial charge in [-0.25, -0.2) is 4.98 Å². The summed E-state index contributed by atoms with van der Waals surface area (Å²) in [6, 6.07) is 5.90. The molecular formula is C15H16BrClN2OS. The lowest BCUT2D eigenvalue weighted by atomic mass is 10.1. The van der Waals surface area contributed by atoms with Crippen LogP contribution in [0, 0.1) is 0 Å². The summed E-state index contributed by atoms with van der Waals surface area (Å²) in [5.74, 6) is 0.0319. The molecule has 0 saturated heterocycles. The van der Waals surface area contributed by atoms with E-state index in [0.717, 1.165) is 34.2 Å². The minimum Gasteiger partial charge on any atom is -0.302 e. The van der Waals surface area contributed by atoms with Gasteiger partial charge in [0.05, 0.1) is 5.02 Å². The zero-order chi connectivity index (χ0) is 15.2. The summed E-state index contributed by atoms with van der Waals surface area (Å²) in [6.07, 6.45) is 5.03. The topological polar surface area (TPSA) is 42.0 Å². The highest BCUT2D eigenvalue weighted by Crippen LogP contribution is 2.26. The van der Waals surface area contributed by atoms with Gasteiger partial charge in [0.15, 0.2) is 5.13 Å². The van der Waals surface area contributed by atoms with Crippen LogP contribution in [0.5, 0.6) is 0 Å². The molecule has 0 bridgehead atoms. The average molecular weight is 388 g/mol. The molecule has 6 heteroatoms. The van der Waals surface area contributed by atoms with Gasteiger partial charge in [0.2, 0.25) is 5.91 Å². The number of carbonyl (C=O) groups excluding carboxylic acids is 1. The number of nitrogens with zero attached hydrogens (tertiary/aromatic N) is 1. The summed E-state index contributed by atoms with van der Waals surface area (Å²) in [6.45, 7) is 2.07. The van der Waals surface area contributed by atoms with Crippen LogP contribution in [-0.4, -0.2) is 10.9 Å². The number of nitrogens with one attached hydrogen (secondary N) is 1. The zero-order valence-electron chi connectivity index (χ0n) is 11.7. The van der Waals surface area contributed by atoms with Crippen molar-refractivity contribution in [2.45, 2.75) is 32.6 Å². The normalized spacial score (nSPS) is 10.6. The van der Waals surface area contributed by atoms with Crippen LogP contribution < -0.4 is 5.32 Å². The van der Waals surface area contributed by atoms with Crippen molar-refractivity contribution in [1.82, 2.24) is 4.98 Å². The Morgan fingerprint density at radius 2 is 2.29 bits per heavy atom. The van der Waals surface area contributed by atoms with Crippen LogP contribution in [0.2, 0.25) is 5.02 Å². The van der Waals surface area contributed by atoms with Gasteiger partial charge >= 0.3 is 0 Å². The Morgan fingerprint density at radius 1 is 1.48 bits per heavy atom. The minimum absolute atomic E-state index is 0.0319.